The predicted octanol–water partition coefficient (Wildman–Crippen LogP) is 2.32. The summed E-state index contributed by atoms with van der Waals surface area (Å²) in [6.45, 7) is 8.83. The molecular formula is C22H25N3O6. The molecule has 1 rings (SSSR count). The van der Waals surface area contributed by atoms with Gasteiger partial charge < -0.3 is 9.47 Å². The summed E-state index contributed by atoms with van der Waals surface area (Å²) in [5.74, 6) is -3.29. The van der Waals surface area contributed by atoms with Gasteiger partial charge in [0.2, 0.25) is 11.8 Å². The van der Waals surface area contributed by atoms with Crippen molar-refractivity contribution < 1.29 is 28.7 Å². The Hall–Kier alpha value is -3.72. The quantitative estimate of drug-likeness (QED) is 0.261. The third-order valence-electron chi connectivity index (χ3n) is 4.89. The molecule has 31 heavy (non-hydrogen) atoms. The molecule has 0 radical (unpaired) electrons. The van der Waals surface area contributed by atoms with Gasteiger partial charge in [0, 0.05) is 31.2 Å². The Balaban J connectivity index is 3.52. The van der Waals surface area contributed by atoms with Gasteiger partial charge in [-0.3, -0.25) is 14.5 Å². The zero-order valence-corrected chi connectivity index (χ0v) is 18.1. The van der Waals surface area contributed by atoms with Crippen molar-refractivity contribution in [3.8, 4) is 12.1 Å². The Bertz CT molecular complexity index is 918. The number of esters is 2. The van der Waals surface area contributed by atoms with E-state index in [1.165, 1.54) is 13.8 Å². The van der Waals surface area contributed by atoms with Gasteiger partial charge in [0.1, 0.15) is 30.9 Å². The molecule has 0 fully saturated rings. The summed E-state index contributed by atoms with van der Waals surface area (Å²) in [6.07, 6.45) is 1.74. The van der Waals surface area contributed by atoms with E-state index in [4.69, 9.17) is 9.47 Å². The van der Waals surface area contributed by atoms with Crippen molar-refractivity contribution in [2.75, 3.05) is 13.2 Å². The van der Waals surface area contributed by atoms with Crippen LogP contribution in [0.2, 0.25) is 0 Å². The molecule has 0 aromatic heterocycles. The second-order valence-electron chi connectivity index (χ2n) is 6.91. The average Bonchev–Trinajstić information content (AvgIpc) is 2.71. The Morgan fingerprint density at radius 2 is 1.74 bits per heavy atom. The molecule has 0 bridgehead atoms. The molecule has 2 amide bonds. The van der Waals surface area contributed by atoms with Crippen LogP contribution in [-0.2, 0) is 28.7 Å². The first-order valence-electron chi connectivity index (χ1n) is 9.69. The molecule has 164 valence electrons. The maximum Gasteiger partial charge on any atom is 0.349 e. The van der Waals surface area contributed by atoms with E-state index in [9.17, 15) is 29.7 Å². The fraction of sp³-hybridized carbons (Fsp3) is 0.455. The van der Waals surface area contributed by atoms with E-state index in [2.05, 4.69) is 6.58 Å². The normalized spacial score (nSPS) is 19.4. The number of ether oxygens (including phenoxy) is 2. The minimum atomic E-state index is -0.982. The first-order valence-corrected chi connectivity index (χ1v) is 9.69. The standard InChI is InChI=1S/C22H25N3O6/c1-6-16-13(3)10-19(25(14(4)26)15(5)27)17(11-23)21(16)18(12-24)22(29)31-9-8-30-20(28)7-2/h7,13,16H,2,6,8-10H2,1,3-5H3/b21-18-/t13-,16?/m1/s1. The molecule has 1 aliphatic rings. The second kappa shape index (κ2) is 11.5. The minimum absolute atomic E-state index is 0.0538. The van der Waals surface area contributed by atoms with Gasteiger partial charge in [-0.15, -0.1) is 0 Å². The third-order valence-corrected chi connectivity index (χ3v) is 4.89. The molecule has 2 atom stereocenters. The largest absolute Gasteiger partial charge is 0.459 e. The summed E-state index contributed by atoms with van der Waals surface area (Å²) < 4.78 is 9.77. The van der Waals surface area contributed by atoms with Crippen LogP contribution in [0.1, 0.15) is 40.5 Å². The molecule has 0 N–H and O–H groups in total. The summed E-state index contributed by atoms with van der Waals surface area (Å²) >= 11 is 0. The van der Waals surface area contributed by atoms with Crippen LogP contribution in [0, 0.1) is 34.5 Å². The lowest BCUT2D eigenvalue weighted by Crippen LogP contribution is -2.38. The lowest BCUT2D eigenvalue weighted by Gasteiger charge is -2.35. The number of hydrogen-bond donors (Lipinski definition) is 0. The van der Waals surface area contributed by atoms with Crippen LogP contribution in [0.3, 0.4) is 0 Å². The highest BCUT2D eigenvalue weighted by Crippen LogP contribution is 2.42. The van der Waals surface area contributed by atoms with Gasteiger partial charge >= 0.3 is 11.9 Å². The lowest BCUT2D eigenvalue weighted by atomic mass is 9.72. The molecule has 0 saturated carbocycles. The van der Waals surface area contributed by atoms with E-state index in [0.29, 0.717) is 6.42 Å². The number of hydrogen-bond acceptors (Lipinski definition) is 8. The van der Waals surface area contributed by atoms with Gasteiger partial charge in [0.05, 0.1) is 5.57 Å². The molecule has 0 spiro atoms. The molecular weight excluding hydrogens is 402 g/mol. The second-order valence-corrected chi connectivity index (χ2v) is 6.91. The summed E-state index contributed by atoms with van der Waals surface area (Å²) in [5, 5.41) is 19.6. The molecule has 0 aliphatic heterocycles. The number of allylic oxidation sites excluding steroid dienone is 3. The number of nitrogens with zero attached hydrogens (tertiary/aromatic N) is 3. The van der Waals surface area contributed by atoms with Crippen LogP contribution >= 0.6 is 0 Å². The van der Waals surface area contributed by atoms with E-state index < -0.39 is 23.8 Å². The van der Waals surface area contributed by atoms with Crippen molar-refractivity contribution in [2.45, 2.75) is 40.5 Å². The maximum absolute atomic E-state index is 12.6. The van der Waals surface area contributed by atoms with Crippen LogP contribution < -0.4 is 0 Å². The van der Waals surface area contributed by atoms with E-state index in [1.54, 1.807) is 0 Å². The van der Waals surface area contributed by atoms with Gasteiger partial charge in [0.25, 0.3) is 0 Å². The highest BCUT2D eigenvalue weighted by molar-refractivity contribution is 5.97. The number of amides is 2. The van der Waals surface area contributed by atoms with Crippen LogP contribution in [0.4, 0.5) is 0 Å². The van der Waals surface area contributed by atoms with Crippen molar-refractivity contribution >= 4 is 23.8 Å². The first kappa shape index (κ1) is 25.3. The molecule has 1 unspecified atom stereocenters. The molecule has 0 heterocycles. The first-order chi connectivity index (χ1) is 14.6. The molecule has 0 aromatic rings. The zero-order valence-electron chi connectivity index (χ0n) is 18.1. The van der Waals surface area contributed by atoms with Crippen LogP contribution in [0.15, 0.2) is 35.1 Å². The van der Waals surface area contributed by atoms with Gasteiger partial charge in [-0.25, -0.2) is 9.59 Å². The topological polar surface area (TPSA) is 138 Å². The predicted molar refractivity (Wildman–Crippen MR) is 108 cm³/mol. The number of rotatable bonds is 7. The summed E-state index contributed by atoms with van der Waals surface area (Å²) in [7, 11) is 0. The van der Waals surface area contributed by atoms with Crippen LogP contribution in [0.25, 0.3) is 0 Å². The number of nitriles is 2. The van der Waals surface area contributed by atoms with Crippen molar-refractivity contribution in [1.82, 2.24) is 4.90 Å². The minimum Gasteiger partial charge on any atom is -0.459 e. The van der Waals surface area contributed by atoms with Gasteiger partial charge in [-0.2, -0.15) is 10.5 Å². The third kappa shape index (κ3) is 5.89. The summed E-state index contributed by atoms with van der Waals surface area (Å²) in [4.78, 5) is 48.7. The SMILES string of the molecule is C=CC(=O)OCCOC(=O)/C(C#N)=C1\C(C#N)=C(N(C(C)=O)C(C)=O)C[C@@H](C)C1CC. The highest BCUT2D eigenvalue weighted by atomic mass is 16.6. The van der Waals surface area contributed by atoms with Crippen molar-refractivity contribution in [2.24, 2.45) is 11.8 Å². The van der Waals surface area contributed by atoms with Crippen molar-refractivity contribution in [3.63, 3.8) is 0 Å². The maximum atomic E-state index is 12.6. The fourth-order valence-corrected chi connectivity index (χ4v) is 3.64. The highest BCUT2D eigenvalue weighted by Gasteiger charge is 2.38. The monoisotopic (exact) mass is 427 g/mol. The van der Waals surface area contributed by atoms with E-state index in [-0.39, 0.29) is 53.9 Å². The molecule has 0 saturated heterocycles. The molecule has 0 aromatic carbocycles. The molecule has 9 nitrogen and oxygen atoms in total. The fourth-order valence-electron chi connectivity index (χ4n) is 3.64. The lowest BCUT2D eigenvalue weighted by molar-refractivity contribution is -0.146. The van der Waals surface area contributed by atoms with E-state index in [1.807, 2.05) is 26.0 Å². The Morgan fingerprint density at radius 3 is 2.19 bits per heavy atom. The van der Waals surface area contributed by atoms with Gasteiger partial charge in [-0.1, -0.05) is 20.4 Å². The Kier molecular flexibility index (Phi) is 9.36. The summed E-state index contributed by atoms with van der Waals surface area (Å²) in [6, 6.07) is 3.78. The van der Waals surface area contributed by atoms with Gasteiger partial charge in [0.15, 0.2) is 0 Å². The smallest absolute Gasteiger partial charge is 0.349 e. The number of carbonyl (C=O) groups excluding carboxylic acids is 4. The number of imide groups is 1. The zero-order chi connectivity index (χ0) is 23.7. The van der Waals surface area contributed by atoms with Crippen molar-refractivity contribution in [3.05, 3.63) is 35.1 Å². The number of carbonyl (C=O) groups is 4. The van der Waals surface area contributed by atoms with Gasteiger partial charge in [-0.05, 0) is 24.7 Å². The summed E-state index contributed by atoms with van der Waals surface area (Å²) in [5.41, 5.74) is -0.117. The van der Waals surface area contributed by atoms with E-state index >= 15 is 0 Å². The van der Waals surface area contributed by atoms with E-state index in [0.717, 1.165) is 11.0 Å². The molecule has 1 aliphatic carbocycles. The van der Waals surface area contributed by atoms with Crippen LogP contribution in [0.5, 0.6) is 0 Å². The molecule has 9 heteroatoms. The van der Waals surface area contributed by atoms with Crippen molar-refractivity contribution in [1.29, 1.82) is 10.5 Å². The van der Waals surface area contributed by atoms with Crippen LogP contribution in [-0.4, -0.2) is 41.9 Å². The Labute approximate surface area is 181 Å². The average molecular weight is 427 g/mol. The Morgan fingerprint density at radius 1 is 1.16 bits per heavy atom.